The van der Waals surface area contributed by atoms with E-state index in [4.69, 9.17) is 0 Å². The molecule has 1 aliphatic heterocycles. The van der Waals surface area contributed by atoms with Crippen molar-refractivity contribution >= 4 is 5.70 Å². The summed E-state index contributed by atoms with van der Waals surface area (Å²) in [5, 5.41) is 2.01. The summed E-state index contributed by atoms with van der Waals surface area (Å²) in [6.07, 6.45) is 4.63. The summed E-state index contributed by atoms with van der Waals surface area (Å²) in [6, 6.07) is 4.05. The Balaban J connectivity index is 2.16. The zero-order valence-corrected chi connectivity index (χ0v) is 11.0. The Hall–Kier alpha value is -1.42. The Morgan fingerprint density at radius 2 is 2.39 bits per heavy atom. The fourth-order valence-corrected chi connectivity index (χ4v) is 2.13. The Labute approximate surface area is 108 Å². The molecule has 0 saturated carbocycles. The van der Waals surface area contributed by atoms with Crippen molar-refractivity contribution in [1.29, 1.82) is 0 Å². The van der Waals surface area contributed by atoms with Crippen molar-refractivity contribution in [2.75, 3.05) is 13.1 Å². The van der Waals surface area contributed by atoms with Gasteiger partial charge in [-0.1, -0.05) is 13.0 Å². The van der Waals surface area contributed by atoms with Crippen LogP contribution in [0.4, 0.5) is 4.39 Å². The molecule has 0 saturated heterocycles. The number of aromatic nitrogens is 1. The number of nitrogens with one attached hydrogen (secondary N) is 1. The van der Waals surface area contributed by atoms with Crippen LogP contribution in [0.5, 0.6) is 0 Å². The van der Waals surface area contributed by atoms with Crippen LogP contribution in [0.15, 0.2) is 24.4 Å². The third-order valence-electron chi connectivity index (χ3n) is 3.13. The quantitative estimate of drug-likeness (QED) is 0.869. The maximum atomic E-state index is 12.9. The third kappa shape index (κ3) is 2.88. The average Bonchev–Trinajstić information content (AvgIpc) is 2.84. The van der Waals surface area contributed by atoms with Gasteiger partial charge in [0.25, 0.3) is 0 Å². The normalized spacial score (nSPS) is 16.8. The first-order chi connectivity index (χ1) is 8.72. The van der Waals surface area contributed by atoms with Crippen LogP contribution < -0.4 is 5.43 Å². The minimum absolute atomic E-state index is 0.526. The highest BCUT2D eigenvalue weighted by Gasteiger charge is 2.19. The number of halogens is 1. The molecule has 0 aliphatic carbocycles. The van der Waals surface area contributed by atoms with Crippen LogP contribution in [0.1, 0.15) is 31.5 Å². The molecule has 1 N–H and O–H groups in total. The number of rotatable bonds is 5. The Bertz CT molecular complexity index is 429. The Morgan fingerprint density at radius 3 is 3.11 bits per heavy atom. The molecule has 2 heterocycles. The number of alkyl halides is 1. The average molecular weight is 249 g/mol. The lowest BCUT2D eigenvalue weighted by atomic mass is 10.1. The SMILES string of the molecule is CCc1cccnc1C1=CCNN1CC[C@@H](C)F. The molecule has 1 aliphatic rings. The highest BCUT2D eigenvalue weighted by molar-refractivity contribution is 5.65. The Morgan fingerprint density at radius 1 is 1.56 bits per heavy atom. The predicted molar refractivity (Wildman–Crippen MR) is 71.5 cm³/mol. The molecule has 3 nitrogen and oxygen atoms in total. The summed E-state index contributed by atoms with van der Waals surface area (Å²) in [6.45, 7) is 5.17. The summed E-state index contributed by atoms with van der Waals surface area (Å²) in [4.78, 5) is 4.47. The van der Waals surface area contributed by atoms with Crippen molar-refractivity contribution in [3.8, 4) is 0 Å². The molecule has 0 aromatic carbocycles. The van der Waals surface area contributed by atoms with E-state index >= 15 is 0 Å². The smallest absolute Gasteiger partial charge is 0.0991 e. The van der Waals surface area contributed by atoms with Crippen molar-refractivity contribution < 1.29 is 4.39 Å². The number of hydrazine groups is 1. The van der Waals surface area contributed by atoms with Gasteiger partial charge in [-0.3, -0.25) is 4.98 Å². The van der Waals surface area contributed by atoms with Gasteiger partial charge in [-0.25, -0.2) is 9.82 Å². The molecular formula is C14H20FN3. The standard InChI is InChI=1S/C14H20FN3/c1-3-12-5-4-8-16-14(12)13-6-9-17-18(13)10-7-11(2)15/h4-6,8,11,17H,3,7,9-10H2,1-2H3/t11-/m1/s1. The molecule has 4 heteroatoms. The van der Waals surface area contributed by atoms with Gasteiger partial charge in [-0.05, 0) is 37.5 Å². The van der Waals surface area contributed by atoms with Gasteiger partial charge in [0.1, 0.15) is 0 Å². The maximum absolute atomic E-state index is 12.9. The second kappa shape index (κ2) is 5.96. The van der Waals surface area contributed by atoms with E-state index in [1.807, 2.05) is 17.3 Å². The van der Waals surface area contributed by atoms with Crippen LogP contribution in [0.2, 0.25) is 0 Å². The first kappa shape index (κ1) is 13.0. The summed E-state index contributed by atoms with van der Waals surface area (Å²) in [7, 11) is 0. The fourth-order valence-electron chi connectivity index (χ4n) is 2.13. The number of hydrogen-bond donors (Lipinski definition) is 1. The van der Waals surface area contributed by atoms with E-state index in [-0.39, 0.29) is 0 Å². The highest BCUT2D eigenvalue weighted by Crippen LogP contribution is 2.23. The molecule has 0 bridgehead atoms. The monoisotopic (exact) mass is 249 g/mol. The van der Waals surface area contributed by atoms with Gasteiger partial charge in [-0.15, -0.1) is 0 Å². The summed E-state index contributed by atoms with van der Waals surface area (Å²) in [5.41, 5.74) is 6.56. The van der Waals surface area contributed by atoms with Crippen molar-refractivity contribution in [2.45, 2.75) is 32.9 Å². The Kier molecular flexibility index (Phi) is 4.31. The molecule has 0 fully saturated rings. The minimum atomic E-state index is -0.775. The van der Waals surface area contributed by atoms with E-state index < -0.39 is 6.17 Å². The van der Waals surface area contributed by atoms with Crippen LogP contribution in [0.3, 0.4) is 0 Å². The summed E-state index contributed by atoms with van der Waals surface area (Å²) >= 11 is 0. The largest absolute Gasteiger partial charge is 0.306 e. The van der Waals surface area contributed by atoms with Crippen LogP contribution in [-0.2, 0) is 6.42 Å². The van der Waals surface area contributed by atoms with Crippen molar-refractivity contribution in [3.63, 3.8) is 0 Å². The van der Waals surface area contributed by atoms with Crippen molar-refractivity contribution in [1.82, 2.24) is 15.4 Å². The van der Waals surface area contributed by atoms with Gasteiger partial charge in [0, 0.05) is 19.3 Å². The van der Waals surface area contributed by atoms with Gasteiger partial charge < -0.3 is 5.01 Å². The van der Waals surface area contributed by atoms with E-state index in [1.165, 1.54) is 5.56 Å². The number of hydrogen-bond acceptors (Lipinski definition) is 3. The molecule has 1 aromatic rings. The summed E-state index contributed by atoms with van der Waals surface area (Å²) < 4.78 is 12.9. The lowest BCUT2D eigenvalue weighted by molar-refractivity contribution is 0.260. The van der Waals surface area contributed by atoms with E-state index in [1.54, 1.807) is 6.92 Å². The van der Waals surface area contributed by atoms with E-state index in [0.29, 0.717) is 13.0 Å². The topological polar surface area (TPSA) is 28.2 Å². The van der Waals surface area contributed by atoms with Crippen LogP contribution in [0.25, 0.3) is 5.70 Å². The summed E-state index contributed by atoms with van der Waals surface area (Å²) in [5.74, 6) is 0. The fraction of sp³-hybridized carbons (Fsp3) is 0.500. The first-order valence-electron chi connectivity index (χ1n) is 6.52. The van der Waals surface area contributed by atoms with Gasteiger partial charge in [0.15, 0.2) is 0 Å². The minimum Gasteiger partial charge on any atom is -0.306 e. The number of pyridine rings is 1. The van der Waals surface area contributed by atoms with Crippen molar-refractivity contribution in [3.05, 3.63) is 35.7 Å². The van der Waals surface area contributed by atoms with Gasteiger partial charge in [0.2, 0.25) is 0 Å². The number of nitrogens with zero attached hydrogens (tertiary/aromatic N) is 2. The predicted octanol–water partition coefficient (Wildman–Crippen LogP) is 2.55. The lowest BCUT2D eigenvalue weighted by Gasteiger charge is -2.23. The van der Waals surface area contributed by atoms with E-state index in [2.05, 4.69) is 29.5 Å². The number of aryl methyl sites for hydroxylation is 1. The van der Waals surface area contributed by atoms with Crippen LogP contribution in [-0.4, -0.2) is 29.3 Å². The van der Waals surface area contributed by atoms with Gasteiger partial charge in [0.05, 0.1) is 17.6 Å². The molecule has 98 valence electrons. The second-order valence-corrected chi connectivity index (χ2v) is 4.54. The molecule has 1 aromatic heterocycles. The van der Waals surface area contributed by atoms with Gasteiger partial charge in [-0.2, -0.15) is 0 Å². The first-order valence-corrected chi connectivity index (χ1v) is 6.52. The van der Waals surface area contributed by atoms with E-state index in [9.17, 15) is 4.39 Å². The molecule has 0 radical (unpaired) electrons. The molecule has 18 heavy (non-hydrogen) atoms. The van der Waals surface area contributed by atoms with Crippen LogP contribution >= 0.6 is 0 Å². The lowest BCUT2D eigenvalue weighted by Crippen LogP contribution is -2.33. The molecule has 0 unspecified atom stereocenters. The molecular weight excluding hydrogens is 229 g/mol. The van der Waals surface area contributed by atoms with Crippen molar-refractivity contribution in [2.24, 2.45) is 0 Å². The molecule has 2 rings (SSSR count). The zero-order chi connectivity index (χ0) is 13.0. The molecule has 1 atom stereocenters. The zero-order valence-electron chi connectivity index (χ0n) is 11.0. The maximum Gasteiger partial charge on any atom is 0.0991 e. The third-order valence-corrected chi connectivity index (χ3v) is 3.13. The van der Waals surface area contributed by atoms with E-state index in [0.717, 1.165) is 24.4 Å². The van der Waals surface area contributed by atoms with Gasteiger partial charge >= 0.3 is 0 Å². The molecule has 0 amide bonds. The second-order valence-electron chi connectivity index (χ2n) is 4.54. The highest BCUT2D eigenvalue weighted by atomic mass is 19.1. The molecule has 0 spiro atoms. The van der Waals surface area contributed by atoms with Crippen LogP contribution in [0, 0.1) is 0 Å².